The summed E-state index contributed by atoms with van der Waals surface area (Å²) in [4.78, 5) is 4.81. The molecule has 28 heavy (non-hydrogen) atoms. The Balaban J connectivity index is 2.08. The average Bonchev–Trinajstić information content (AvgIpc) is 3.23. The summed E-state index contributed by atoms with van der Waals surface area (Å²) < 4.78 is 1.93. The summed E-state index contributed by atoms with van der Waals surface area (Å²) in [6.45, 7) is 9.65. The van der Waals surface area contributed by atoms with Gasteiger partial charge in [-0.05, 0) is 48.8 Å². The van der Waals surface area contributed by atoms with Gasteiger partial charge in [0, 0.05) is 32.1 Å². The number of aliphatic hydroxyl groups excluding tert-OH is 1. The van der Waals surface area contributed by atoms with Gasteiger partial charge in [-0.1, -0.05) is 38.1 Å². The van der Waals surface area contributed by atoms with E-state index in [0.717, 1.165) is 44.9 Å². The first-order valence-corrected chi connectivity index (χ1v) is 10.3. The Morgan fingerprint density at radius 1 is 1.11 bits per heavy atom. The van der Waals surface area contributed by atoms with E-state index in [2.05, 4.69) is 60.8 Å². The molecular formula is C22H35N5O. The predicted molar refractivity (Wildman–Crippen MR) is 115 cm³/mol. The standard InChI is InChI=1S/C22H35N5O/c1-4-22(5-2,12-15-28)18-25-21(23-6-3)24-16-19-10-7-8-11-20(19)17-27-14-9-13-26-27/h7-11,13-14,28H,4-6,12,15-18H2,1-3H3,(H2,23,24,25). The second kappa shape index (κ2) is 11.5. The monoisotopic (exact) mass is 385 g/mol. The number of aliphatic hydroxyl groups is 1. The lowest BCUT2D eigenvalue weighted by atomic mass is 9.79. The first kappa shape index (κ1) is 22.0. The van der Waals surface area contributed by atoms with Crippen molar-refractivity contribution < 1.29 is 5.11 Å². The highest BCUT2D eigenvalue weighted by Crippen LogP contribution is 2.29. The van der Waals surface area contributed by atoms with E-state index in [-0.39, 0.29) is 12.0 Å². The zero-order valence-corrected chi connectivity index (χ0v) is 17.5. The SMILES string of the molecule is CCNC(=NCc1ccccc1Cn1cccn1)NCC(CC)(CC)CCO. The highest BCUT2D eigenvalue weighted by Gasteiger charge is 2.25. The van der Waals surface area contributed by atoms with Crippen LogP contribution in [0.4, 0.5) is 0 Å². The van der Waals surface area contributed by atoms with Crippen LogP contribution in [0.2, 0.25) is 0 Å². The van der Waals surface area contributed by atoms with Gasteiger partial charge in [0.1, 0.15) is 0 Å². The van der Waals surface area contributed by atoms with Gasteiger partial charge in [0.2, 0.25) is 0 Å². The van der Waals surface area contributed by atoms with Crippen LogP contribution >= 0.6 is 0 Å². The van der Waals surface area contributed by atoms with E-state index in [4.69, 9.17) is 4.99 Å². The van der Waals surface area contributed by atoms with Crippen molar-refractivity contribution in [3.05, 3.63) is 53.9 Å². The molecule has 0 fully saturated rings. The van der Waals surface area contributed by atoms with Crippen LogP contribution in [-0.2, 0) is 13.1 Å². The minimum Gasteiger partial charge on any atom is -0.396 e. The van der Waals surface area contributed by atoms with E-state index in [1.54, 1.807) is 6.20 Å². The molecule has 0 atom stereocenters. The molecule has 0 aliphatic rings. The smallest absolute Gasteiger partial charge is 0.191 e. The molecule has 0 radical (unpaired) electrons. The van der Waals surface area contributed by atoms with Crippen LogP contribution in [0.1, 0.15) is 51.2 Å². The van der Waals surface area contributed by atoms with Crippen LogP contribution in [-0.4, -0.2) is 40.5 Å². The van der Waals surface area contributed by atoms with Gasteiger partial charge >= 0.3 is 0 Å². The number of nitrogens with one attached hydrogen (secondary N) is 2. The summed E-state index contributed by atoms with van der Waals surface area (Å²) in [6, 6.07) is 10.3. The molecule has 0 saturated heterocycles. The fourth-order valence-electron chi connectivity index (χ4n) is 3.39. The van der Waals surface area contributed by atoms with Gasteiger partial charge in [0.05, 0.1) is 13.1 Å². The third-order valence-corrected chi connectivity index (χ3v) is 5.53. The van der Waals surface area contributed by atoms with Crippen LogP contribution < -0.4 is 10.6 Å². The van der Waals surface area contributed by atoms with Crippen molar-refractivity contribution in [1.82, 2.24) is 20.4 Å². The van der Waals surface area contributed by atoms with E-state index in [0.29, 0.717) is 6.54 Å². The highest BCUT2D eigenvalue weighted by atomic mass is 16.3. The van der Waals surface area contributed by atoms with Crippen molar-refractivity contribution in [2.45, 2.75) is 53.1 Å². The van der Waals surface area contributed by atoms with Gasteiger partial charge in [-0.2, -0.15) is 5.10 Å². The van der Waals surface area contributed by atoms with Crippen LogP contribution in [0.25, 0.3) is 0 Å². The number of rotatable bonds is 11. The lowest BCUT2D eigenvalue weighted by molar-refractivity contribution is 0.169. The first-order valence-electron chi connectivity index (χ1n) is 10.3. The van der Waals surface area contributed by atoms with Gasteiger partial charge < -0.3 is 15.7 Å². The van der Waals surface area contributed by atoms with Crippen LogP contribution in [0.3, 0.4) is 0 Å². The Morgan fingerprint density at radius 2 is 1.86 bits per heavy atom. The van der Waals surface area contributed by atoms with Crippen molar-refractivity contribution in [1.29, 1.82) is 0 Å². The molecule has 154 valence electrons. The minimum absolute atomic E-state index is 0.100. The number of aromatic nitrogens is 2. The molecule has 0 amide bonds. The second-order valence-corrected chi connectivity index (χ2v) is 7.20. The Hall–Kier alpha value is -2.34. The molecular weight excluding hydrogens is 350 g/mol. The number of guanidine groups is 1. The van der Waals surface area contributed by atoms with E-state index >= 15 is 0 Å². The van der Waals surface area contributed by atoms with Gasteiger partial charge in [-0.15, -0.1) is 0 Å². The lowest BCUT2D eigenvalue weighted by Crippen LogP contribution is -2.43. The molecule has 2 rings (SSSR count). The molecule has 1 aromatic heterocycles. The molecule has 0 aliphatic carbocycles. The maximum absolute atomic E-state index is 9.44. The van der Waals surface area contributed by atoms with Crippen LogP contribution in [0.15, 0.2) is 47.7 Å². The zero-order chi connectivity index (χ0) is 20.2. The van der Waals surface area contributed by atoms with E-state index in [1.165, 1.54) is 11.1 Å². The predicted octanol–water partition coefficient (Wildman–Crippen LogP) is 3.18. The molecule has 3 N–H and O–H groups in total. The number of hydrogen-bond acceptors (Lipinski definition) is 3. The minimum atomic E-state index is 0.100. The average molecular weight is 386 g/mol. The van der Waals surface area contributed by atoms with E-state index in [9.17, 15) is 5.11 Å². The third kappa shape index (κ3) is 6.37. The Bertz CT molecular complexity index is 707. The normalized spacial score (nSPS) is 12.2. The molecule has 2 aromatic rings. The maximum atomic E-state index is 9.44. The van der Waals surface area contributed by atoms with E-state index < -0.39 is 0 Å². The van der Waals surface area contributed by atoms with Crippen LogP contribution in [0.5, 0.6) is 0 Å². The maximum Gasteiger partial charge on any atom is 0.191 e. The summed E-state index contributed by atoms with van der Waals surface area (Å²) in [5.41, 5.74) is 2.52. The number of nitrogens with zero attached hydrogens (tertiary/aromatic N) is 3. The topological polar surface area (TPSA) is 74.5 Å². The molecule has 0 saturated carbocycles. The molecule has 6 nitrogen and oxygen atoms in total. The lowest BCUT2D eigenvalue weighted by Gasteiger charge is -2.32. The highest BCUT2D eigenvalue weighted by molar-refractivity contribution is 5.79. The molecule has 0 aliphatic heterocycles. The van der Waals surface area contributed by atoms with Gasteiger partial charge in [-0.3, -0.25) is 4.68 Å². The second-order valence-electron chi connectivity index (χ2n) is 7.20. The van der Waals surface area contributed by atoms with Gasteiger partial charge in [-0.25, -0.2) is 4.99 Å². The molecule has 0 bridgehead atoms. The Kier molecular flexibility index (Phi) is 9.01. The Morgan fingerprint density at radius 3 is 2.46 bits per heavy atom. The molecule has 1 heterocycles. The quantitative estimate of drug-likeness (QED) is 0.410. The molecule has 0 spiro atoms. The molecule has 6 heteroatoms. The fourth-order valence-corrected chi connectivity index (χ4v) is 3.39. The summed E-state index contributed by atoms with van der Waals surface area (Å²) in [5, 5.41) is 20.6. The zero-order valence-electron chi connectivity index (χ0n) is 17.5. The molecule has 0 unspecified atom stereocenters. The number of aliphatic imine (C=N–C) groups is 1. The summed E-state index contributed by atoms with van der Waals surface area (Å²) in [7, 11) is 0. The third-order valence-electron chi connectivity index (χ3n) is 5.53. The van der Waals surface area contributed by atoms with Gasteiger partial charge in [0.15, 0.2) is 5.96 Å². The van der Waals surface area contributed by atoms with E-state index in [1.807, 2.05) is 16.9 Å². The van der Waals surface area contributed by atoms with Crippen molar-refractivity contribution in [2.75, 3.05) is 19.7 Å². The largest absolute Gasteiger partial charge is 0.396 e. The Labute approximate surface area is 169 Å². The van der Waals surface area contributed by atoms with Crippen LogP contribution in [0, 0.1) is 5.41 Å². The summed E-state index contributed by atoms with van der Waals surface area (Å²) >= 11 is 0. The van der Waals surface area contributed by atoms with Crippen molar-refractivity contribution >= 4 is 5.96 Å². The first-order chi connectivity index (χ1) is 13.7. The summed E-state index contributed by atoms with van der Waals surface area (Å²) in [6.07, 6.45) is 6.64. The summed E-state index contributed by atoms with van der Waals surface area (Å²) in [5.74, 6) is 0.820. The number of benzene rings is 1. The van der Waals surface area contributed by atoms with Crippen molar-refractivity contribution in [2.24, 2.45) is 10.4 Å². The molecule has 1 aromatic carbocycles. The number of hydrogen-bond donors (Lipinski definition) is 3. The van der Waals surface area contributed by atoms with Crippen molar-refractivity contribution in [3.8, 4) is 0 Å². The van der Waals surface area contributed by atoms with Crippen molar-refractivity contribution in [3.63, 3.8) is 0 Å². The van der Waals surface area contributed by atoms with Gasteiger partial charge in [0.25, 0.3) is 0 Å². The fraction of sp³-hybridized carbons (Fsp3) is 0.545.